The Labute approximate surface area is 54.1 Å². The molecule has 46 valence electrons. The zero-order chi connectivity index (χ0) is 6.15. The molecular weight excluding hydrogens is 124 g/mol. The van der Waals surface area contributed by atoms with Crippen molar-refractivity contribution >= 4 is 11.6 Å². The summed E-state index contributed by atoms with van der Waals surface area (Å²) in [5.74, 6) is 0. The van der Waals surface area contributed by atoms with Crippen LogP contribution in [-0.2, 0) is 0 Å². The lowest BCUT2D eigenvalue weighted by Gasteiger charge is -2.12. The van der Waals surface area contributed by atoms with Gasteiger partial charge in [0.05, 0.1) is 0 Å². The van der Waals surface area contributed by atoms with Crippen molar-refractivity contribution in [3.63, 3.8) is 0 Å². The zero-order valence-corrected chi connectivity index (χ0v) is 5.74. The summed E-state index contributed by atoms with van der Waals surface area (Å²) in [6.45, 7) is 1.98. The molecule has 0 aromatic heterocycles. The van der Waals surface area contributed by atoms with Crippen molar-refractivity contribution in [1.29, 1.82) is 0 Å². The molecule has 0 aromatic rings. The van der Waals surface area contributed by atoms with Crippen LogP contribution in [0.4, 0.5) is 0 Å². The van der Waals surface area contributed by atoms with Crippen molar-refractivity contribution in [3.05, 3.63) is 11.9 Å². The van der Waals surface area contributed by atoms with Gasteiger partial charge in [0.1, 0.15) is 0 Å². The topological polar surface area (TPSA) is 15.3 Å². The van der Waals surface area contributed by atoms with Gasteiger partial charge in [-0.3, -0.25) is 0 Å². The molecule has 1 heterocycles. The third-order valence-electron chi connectivity index (χ3n) is 1.10. The van der Waals surface area contributed by atoms with Crippen molar-refractivity contribution in [1.82, 2.24) is 10.2 Å². The Hall–Kier alpha value is -0.370. The van der Waals surface area contributed by atoms with Crippen LogP contribution in [0.3, 0.4) is 0 Å². The summed E-state index contributed by atoms with van der Waals surface area (Å²) in [5.41, 5.74) is 1.07. The Morgan fingerprint density at radius 3 is 2.62 bits per heavy atom. The zero-order valence-electron chi connectivity index (χ0n) is 4.98. The fourth-order valence-electron chi connectivity index (χ4n) is 0.698. The van der Waals surface area contributed by atoms with Crippen molar-refractivity contribution in [2.45, 2.75) is 12.5 Å². The van der Waals surface area contributed by atoms with Crippen LogP contribution < -0.4 is 5.32 Å². The molecule has 0 bridgehead atoms. The summed E-state index contributed by atoms with van der Waals surface area (Å²) < 4.78 is 0. The van der Waals surface area contributed by atoms with E-state index in [2.05, 4.69) is 5.32 Å². The first-order valence-electron chi connectivity index (χ1n) is 2.51. The van der Waals surface area contributed by atoms with Crippen LogP contribution in [0.25, 0.3) is 0 Å². The molecular formula is C5H9ClN2. The molecule has 8 heavy (non-hydrogen) atoms. The number of allylic oxidation sites excluding steroid dienone is 1. The fourth-order valence-corrected chi connectivity index (χ4v) is 0.926. The third-order valence-corrected chi connectivity index (χ3v) is 1.52. The highest BCUT2D eigenvalue weighted by atomic mass is 35.5. The molecule has 3 heteroatoms. The molecule has 1 aliphatic heterocycles. The predicted octanol–water partition coefficient (Wildman–Crippen LogP) is 0.905. The summed E-state index contributed by atoms with van der Waals surface area (Å²) in [6, 6.07) is 0. The van der Waals surface area contributed by atoms with E-state index in [9.17, 15) is 0 Å². The summed E-state index contributed by atoms with van der Waals surface area (Å²) in [4.78, 5) is 1.91. The summed E-state index contributed by atoms with van der Waals surface area (Å²) in [7, 11) is 1.93. The van der Waals surface area contributed by atoms with Gasteiger partial charge in [0.15, 0.2) is 5.62 Å². The first-order chi connectivity index (χ1) is 3.70. The number of nitrogens with one attached hydrogen (secondary N) is 1. The molecule has 1 atom stereocenters. The van der Waals surface area contributed by atoms with E-state index in [4.69, 9.17) is 11.6 Å². The van der Waals surface area contributed by atoms with Gasteiger partial charge in [-0.15, -0.1) is 0 Å². The molecule has 1 rings (SSSR count). The molecule has 0 amide bonds. The van der Waals surface area contributed by atoms with Gasteiger partial charge in [-0.05, 0) is 6.92 Å². The van der Waals surface area contributed by atoms with E-state index in [0.717, 1.165) is 5.70 Å². The van der Waals surface area contributed by atoms with Gasteiger partial charge in [0.2, 0.25) is 0 Å². The number of nitrogens with zero attached hydrogens (tertiary/aromatic N) is 1. The average molecular weight is 133 g/mol. The number of hydrogen-bond acceptors (Lipinski definition) is 2. The third kappa shape index (κ3) is 0.892. The first-order valence-corrected chi connectivity index (χ1v) is 2.95. The van der Waals surface area contributed by atoms with Crippen LogP contribution in [0.1, 0.15) is 6.92 Å². The van der Waals surface area contributed by atoms with Crippen LogP contribution in [-0.4, -0.2) is 17.6 Å². The van der Waals surface area contributed by atoms with Gasteiger partial charge in [0.25, 0.3) is 0 Å². The van der Waals surface area contributed by atoms with Gasteiger partial charge < -0.3 is 10.2 Å². The van der Waals surface area contributed by atoms with Crippen molar-refractivity contribution in [3.8, 4) is 0 Å². The van der Waals surface area contributed by atoms with E-state index in [0.29, 0.717) is 0 Å². The molecule has 0 aromatic carbocycles. The lowest BCUT2D eigenvalue weighted by Crippen LogP contribution is -2.26. The molecule has 1 unspecified atom stereocenters. The summed E-state index contributed by atoms with van der Waals surface area (Å²) in [5, 5.41) is 3.02. The minimum absolute atomic E-state index is 0.0463. The molecule has 1 N–H and O–H groups in total. The smallest absolute Gasteiger partial charge is 0.176 e. The number of halogens is 1. The maximum atomic E-state index is 5.72. The Kier molecular flexibility index (Phi) is 1.34. The predicted molar refractivity (Wildman–Crippen MR) is 34.3 cm³/mol. The molecule has 1 aliphatic rings. The van der Waals surface area contributed by atoms with Crippen LogP contribution >= 0.6 is 11.6 Å². The molecule has 0 radical (unpaired) electrons. The average Bonchev–Trinajstić information content (AvgIpc) is 1.85. The molecule has 0 saturated carbocycles. The number of alkyl halides is 1. The molecule has 0 spiro atoms. The van der Waals surface area contributed by atoms with E-state index in [-0.39, 0.29) is 5.62 Å². The van der Waals surface area contributed by atoms with Crippen LogP contribution in [0.15, 0.2) is 11.9 Å². The van der Waals surface area contributed by atoms with E-state index in [1.165, 1.54) is 0 Å². The fraction of sp³-hybridized carbons (Fsp3) is 0.600. The van der Waals surface area contributed by atoms with E-state index in [1.807, 2.05) is 25.1 Å². The Morgan fingerprint density at radius 2 is 2.50 bits per heavy atom. The van der Waals surface area contributed by atoms with E-state index in [1.54, 1.807) is 0 Å². The molecule has 0 fully saturated rings. The second-order valence-electron chi connectivity index (χ2n) is 1.96. The monoisotopic (exact) mass is 132 g/mol. The van der Waals surface area contributed by atoms with Gasteiger partial charge in [-0.2, -0.15) is 0 Å². The largest absolute Gasteiger partial charge is 0.355 e. The molecule has 2 nitrogen and oxygen atoms in total. The van der Waals surface area contributed by atoms with Gasteiger partial charge in [-0.1, -0.05) is 11.6 Å². The van der Waals surface area contributed by atoms with E-state index < -0.39 is 0 Å². The lowest BCUT2D eigenvalue weighted by molar-refractivity contribution is 0.428. The summed E-state index contributed by atoms with van der Waals surface area (Å²) in [6.07, 6.45) is 1.97. The SMILES string of the molecule is CC1=CN(C)C(Cl)N1. The van der Waals surface area contributed by atoms with Crippen LogP contribution in [0.2, 0.25) is 0 Å². The second-order valence-corrected chi connectivity index (χ2v) is 2.37. The second kappa shape index (κ2) is 1.86. The van der Waals surface area contributed by atoms with Crippen molar-refractivity contribution < 1.29 is 0 Å². The van der Waals surface area contributed by atoms with Crippen molar-refractivity contribution in [2.24, 2.45) is 0 Å². The standard InChI is InChI=1S/C5H9ClN2/c1-4-3-8(2)5(6)7-4/h3,5,7H,1-2H3. The minimum Gasteiger partial charge on any atom is -0.355 e. The van der Waals surface area contributed by atoms with Crippen molar-refractivity contribution in [2.75, 3.05) is 7.05 Å². The Balaban J connectivity index is 2.56. The quantitative estimate of drug-likeness (QED) is 0.389. The Morgan fingerprint density at radius 1 is 1.88 bits per heavy atom. The maximum Gasteiger partial charge on any atom is 0.176 e. The maximum absolute atomic E-state index is 5.72. The highest BCUT2D eigenvalue weighted by molar-refractivity contribution is 6.20. The lowest BCUT2D eigenvalue weighted by atomic mass is 10.6. The van der Waals surface area contributed by atoms with Gasteiger partial charge >= 0.3 is 0 Å². The molecule has 0 aliphatic carbocycles. The highest BCUT2D eigenvalue weighted by Crippen LogP contribution is 2.09. The normalized spacial score (nSPS) is 27.6. The summed E-state index contributed by atoms with van der Waals surface area (Å²) >= 11 is 5.72. The van der Waals surface area contributed by atoms with Gasteiger partial charge in [-0.25, -0.2) is 0 Å². The number of rotatable bonds is 0. The van der Waals surface area contributed by atoms with Crippen LogP contribution in [0.5, 0.6) is 0 Å². The van der Waals surface area contributed by atoms with Gasteiger partial charge in [0, 0.05) is 18.9 Å². The first kappa shape index (κ1) is 5.76. The van der Waals surface area contributed by atoms with Crippen LogP contribution in [0, 0.1) is 0 Å². The highest BCUT2D eigenvalue weighted by Gasteiger charge is 2.13. The Bertz CT molecular complexity index is 122. The van der Waals surface area contributed by atoms with E-state index >= 15 is 0 Å². The minimum atomic E-state index is -0.0463. The number of hydrogen-bond donors (Lipinski definition) is 1. The molecule has 0 saturated heterocycles.